The Labute approximate surface area is 138 Å². The highest BCUT2D eigenvalue weighted by Crippen LogP contribution is 2.55. The summed E-state index contributed by atoms with van der Waals surface area (Å²) in [7, 11) is 0. The van der Waals surface area contributed by atoms with Crippen molar-refractivity contribution in [1.29, 1.82) is 0 Å². The highest BCUT2D eigenvalue weighted by molar-refractivity contribution is 5.92. The van der Waals surface area contributed by atoms with Crippen LogP contribution in [0.4, 0.5) is 0 Å². The summed E-state index contributed by atoms with van der Waals surface area (Å²) in [4.78, 5) is 15.3. The van der Waals surface area contributed by atoms with Crippen molar-refractivity contribution in [3.8, 4) is 0 Å². The van der Waals surface area contributed by atoms with Gasteiger partial charge < -0.3 is 10.6 Å². The normalized spacial score (nSPS) is 22.6. The van der Waals surface area contributed by atoms with Gasteiger partial charge in [-0.05, 0) is 36.9 Å². The van der Waals surface area contributed by atoms with Crippen molar-refractivity contribution in [3.63, 3.8) is 0 Å². The van der Waals surface area contributed by atoms with Crippen LogP contribution in [-0.2, 0) is 16.8 Å². The molecule has 23 heavy (non-hydrogen) atoms. The quantitative estimate of drug-likeness (QED) is 0.892. The van der Waals surface area contributed by atoms with Crippen molar-refractivity contribution >= 4 is 5.91 Å². The molecule has 2 atom stereocenters. The van der Waals surface area contributed by atoms with Crippen LogP contribution in [0.2, 0.25) is 0 Å². The first kappa shape index (κ1) is 15.8. The molecule has 1 aliphatic rings. The van der Waals surface area contributed by atoms with Crippen molar-refractivity contribution in [2.45, 2.75) is 25.3 Å². The van der Waals surface area contributed by atoms with E-state index in [1.165, 1.54) is 0 Å². The van der Waals surface area contributed by atoms with Gasteiger partial charge in [0.2, 0.25) is 5.91 Å². The van der Waals surface area contributed by atoms with Crippen molar-refractivity contribution in [1.82, 2.24) is 4.90 Å². The fraction of sp³-hybridized carbons (Fsp3) is 0.350. The maximum absolute atomic E-state index is 13.3. The van der Waals surface area contributed by atoms with Crippen LogP contribution in [-0.4, -0.2) is 23.9 Å². The third kappa shape index (κ3) is 2.89. The van der Waals surface area contributed by atoms with Gasteiger partial charge in [-0.3, -0.25) is 4.79 Å². The highest BCUT2D eigenvalue weighted by Gasteiger charge is 2.61. The van der Waals surface area contributed by atoms with Gasteiger partial charge in [0, 0.05) is 13.1 Å². The van der Waals surface area contributed by atoms with Crippen LogP contribution >= 0.6 is 0 Å². The molecule has 0 aromatic heterocycles. The Kier molecular flexibility index (Phi) is 4.49. The Morgan fingerprint density at radius 1 is 1.13 bits per heavy atom. The van der Waals surface area contributed by atoms with E-state index in [0.29, 0.717) is 19.6 Å². The first-order valence-corrected chi connectivity index (χ1v) is 8.31. The Morgan fingerprint density at radius 3 is 2.26 bits per heavy atom. The van der Waals surface area contributed by atoms with Gasteiger partial charge in [0.1, 0.15) is 0 Å². The lowest BCUT2D eigenvalue weighted by atomic mass is 9.91. The van der Waals surface area contributed by atoms with Crippen LogP contribution in [0.3, 0.4) is 0 Å². The molecule has 2 N–H and O–H groups in total. The molecule has 2 aromatic carbocycles. The molecule has 0 saturated heterocycles. The van der Waals surface area contributed by atoms with Crippen LogP contribution in [0.5, 0.6) is 0 Å². The summed E-state index contributed by atoms with van der Waals surface area (Å²) in [5, 5.41) is 0. The Balaban J connectivity index is 1.86. The van der Waals surface area contributed by atoms with Gasteiger partial charge in [-0.1, -0.05) is 60.7 Å². The van der Waals surface area contributed by atoms with Crippen LogP contribution < -0.4 is 5.73 Å². The van der Waals surface area contributed by atoms with E-state index in [0.717, 1.165) is 17.5 Å². The van der Waals surface area contributed by atoms with E-state index in [1.54, 1.807) is 0 Å². The fourth-order valence-corrected chi connectivity index (χ4v) is 3.50. The summed E-state index contributed by atoms with van der Waals surface area (Å²) in [6.45, 7) is 3.96. The number of hydrogen-bond donors (Lipinski definition) is 1. The molecule has 0 radical (unpaired) electrons. The smallest absolute Gasteiger partial charge is 0.233 e. The molecule has 1 fully saturated rings. The number of hydrogen-bond acceptors (Lipinski definition) is 2. The van der Waals surface area contributed by atoms with E-state index >= 15 is 0 Å². The van der Waals surface area contributed by atoms with Gasteiger partial charge in [0.25, 0.3) is 0 Å². The minimum atomic E-state index is -0.416. The van der Waals surface area contributed by atoms with E-state index in [-0.39, 0.29) is 11.8 Å². The second kappa shape index (κ2) is 6.55. The van der Waals surface area contributed by atoms with Gasteiger partial charge in [-0.25, -0.2) is 0 Å². The van der Waals surface area contributed by atoms with Gasteiger partial charge in [-0.15, -0.1) is 0 Å². The summed E-state index contributed by atoms with van der Waals surface area (Å²) in [5.74, 6) is 0.465. The monoisotopic (exact) mass is 308 g/mol. The lowest BCUT2D eigenvalue weighted by Gasteiger charge is -2.27. The van der Waals surface area contributed by atoms with Gasteiger partial charge in [-0.2, -0.15) is 0 Å². The van der Waals surface area contributed by atoms with Crippen LogP contribution in [0.25, 0.3) is 0 Å². The highest BCUT2D eigenvalue weighted by atomic mass is 16.2. The number of nitrogens with zero attached hydrogens (tertiary/aromatic N) is 1. The van der Waals surface area contributed by atoms with Crippen molar-refractivity contribution in [2.24, 2.45) is 11.7 Å². The van der Waals surface area contributed by atoms with Crippen molar-refractivity contribution in [2.75, 3.05) is 13.1 Å². The van der Waals surface area contributed by atoms with E-state index < -0.39 is 5.41 Å². The molecule has 0 heterocycles. The third-order valence-electron chi connectivity index (χ3n) is 4.95. The SMILES string of the molecule is CCN(Cc1ccccc1)C(=O)[C@]1(c2ccccc2)C[C@@H]1CN. The standard InChI is InChI=1S/C20H24N2O/c1-2-22(15-16-9-5-3-6-10-16)19(23)20(13-18(20)14-21)17-11-7-4-8-12-17/h3-12,18H,2,13-15,21H2,1H3/t18-,20+/m1/s1. The van der Waals surface area contributed by atoms with E-state index in [9.17, 15) is 4.79 Å². The fourth-order valence-electron chi connectivity index (χ4n) is 3.50. The first-order chi connectivity index (χ1) is 11.2. The first-order valence-electron chi connectivity index (χ1n) is 8.31. The Bertz CT molecular complexity index is 656. The Hall–Kier alpha value is -2.13. The van der Waals surface area contributed by atoms with Crippen molar-refractivity contribution < 1.29 is 4.79 Å². The molecule has 0 unspecified atom stereocenters. The zero-order valence-electron chi connectivity index (χ0n) is 13.6. The summed E-state index contributed by atoms with van der Waals surface area (Å²) >= 11 is 0. The van der Waals surface area contributed by atoms with Crippen LogP contribution in [0.15, 0.2) is 60.7 Å². The number of likely N-dealkylation sites (N-methyl/N-ethyl adjacent to an activating group) is 1. The average Bonchev–Trinajstić information content (AvgIpc) is 3.36. The van der Waals surface area contributed by atoms with Crippen LogP contribution in [0.1, 0.15) is 24.5 Å². The maximum atomic E-state index is 13.3. The molecule has 3 nitrogen and oxygen atoms in total. The summed E-state index contributed by atoms with van der Waals surface area (Å²) in [5.41, 5.74) is 7.76. The number of carbonyl (C=O) groups is 1. The molecular formula is C20H24N2O. The molecule has 2 aromatic rings. The topological polar surface area (TPSA) is 46.3 Å². The minimum Gasteiger partial charge on any atom is -0.338 e. The van der Waals surface area contributed by atoms with E-state index in [2.05, 4.69) is 24.3 Å². The number of rotatable bonds is 6. The van der Waals surface area contributed by atoms with Gasteiger partial charge >= 0.3 is 0 Å². The molecule has 1 amide bonds. The second-order valence-electron chi connectivity index (χ2n) is 6.28. The molecule has 1 saturated carbocycles. The molecule has 120 valence electrons. The van der Waals surface area contributed by atoms with E-state index in [1.807, 2.05) is 48.2 Å². The molecule has 0 aliphatic heterocycles. The minimum absolute atomic E-state index is 0.213. The molecule has 0 bridgehead atoms. The third-order valence-corrected chi connectivity index (χ3v) is 4.95. The average molecular weight is 308 g/mol. The zero-order chi connectivity index (χ0) is 16.3. The molecule has 0 spiro atoms. The molecular weight excluding hydrogens is 284 g/mol. The predicted octanol–water partition coefficient (Wildman–Crippen LogP) is 2.95. The number of benzene rings is 2. The largest absolute Gasteiger partial charge is 0.338 e. The van der Waals surface area contributed by atoms with E-state index in [4.69, 9.17) is 5.73 Å². The zero-order valence-corrected chi connectivity index (χ0v) is 13.6. The summed E-state index contributed by atoms with van der Waals surface area (Å²) in [6.07, 6.45) is 0.859. The lowest BCUT2D eigenvalue weighted by molar-refractivity contribution is -0.134. The van der Waals surface area contributed by atoms with Crippen molar-refractivity contribution in [3.05, 3.63) is 71.8 Å². The lowest BCUT2D eigenvalue weighted by Crippen LogP contribution is -2.40. The number of carbonyl (C=O) groups excluding carboxylic acids is 1. The van der Waals surface area contributed by atoms with Gasteiger partial charge in [0.05, 0.1) is 5.41 Å². The Morgan fingerprint density at radius 2 is 1.74 bits per heavy atom. The summed E-state index contributed by atoms with van der Waals surface area (Å²) < 4.78 is 0. The second-order valence-corrected chi connectivity index (χ2v) is 6.28. The molecule has 3 rings (SSSR count). The van der Waals surface area contributed by atoms with Gasteiger partial charge in [0.15, 0.2) is 0 Å². The number of amides is 1. The molecule has 1 aliphatic carbocycles. The molecule has 3 heteroatoms. The summed E-state index contributed by atoms with van der Waals surface area (Å²) in [6, 6.07) is 20.3. The maximum Gasteiger partial charge on any atom is 0.233 e. The van der Waals surface area contributed by atoms with Crippen LogP contribution in [0, 0.1) is 5.92 Å². The predicted molar refractivity (Wildman–Crippen MR) is 92.8 cm³/mol. The number of nitrogens with two attached hydrogens (primary N) is 1.